The molecular formula is C11H12IN3. The second kappa shape index (κ2) is 4.32. The lowest BCUT2D eigenvalue weighted by Gasteiger charge is -2.06. The Morgan fingerprint density at radius 3 is 2.47 bits per heavy atom. The van der Waals surface area contributed by atoms with Gasteiger partial charge in [-0.1, -0.05) is 12.1 Å². The van der Waals surface area contributed by atoms with Crippen molar-refractivity contribution >= 4 is 22.6 Å². The van der Waals surface area contributed by atoms with Crippen LogP contribution in [-0.2, 0) is 0 Å². The van der Waals surface area contributed by atoms with Crippen molar-refractivity contribution in [1.82, 2.24) is 9.78 Å². The number of hydrogen-bond donors (Lipinski definition) is 1. The molecule has 0 fully saturated rings. The van der Waals surface area contributed by atoms with Crippen molar-refractivity contribution in [2.45, 2.75) is 13.0 Å². The molecule has 2 N–H and O–H groups in total. The highest BCUT2D eigenvalue weighted by molar-refractivity contribution is 14.1. The van der Waals surface area contributed by atoms with E-state index in [0.717, 1.165) is 14.8 Å². The van der Waals surface area contributed by atoms with Crippen LogP contribution in [0.3, 0.4) is 0 Å². The Hall–Kier alpha value is -0.880. The van der Waals surface area contributed by atoms with Crippen LogP contribution in [0.4, 0.5) is 0 Å². The lowest BCUT2D eigenvalue weighted by atomic mass is 10.1. The molecule has 1 aromatic heterocycles. The first-order chi connectivity index (χ1) is 7.16. The van der Waals surface area contributed by atoms with Crippen molar-refractivity contribution in [1.29, 1.82) is 0 Å². The van der Waals surface area contributed by atoms with Gasteiger partial charge in [0, 0.05) is 12.2 Å². The highest BCUT2D eigenvalue weighted by atomic mass is 127. The Morgan fingerprint density at radius 1 is 1.33 bits per heavy atom. The van der Waals surface area contributed by atoms with Gasteiger partial charge in [-0.15, -0.1) is 0 Å². The first-order valence-electron chi connectivity index (χ1n) is 4.73. The molecule has 2 aromatic rings. The number of nitrogens with two attached hydrogens (primary N) is 1. The van der Waals surface area contributed by atoms with E-state index >= 15 is 0 Å². The average Bonchev–Trinajstić information content (AvgIpc) is 2.65. The molecule has 1 unspecified atom stereocenters. The van der Waals surface area contributed by atoms with Gasteiger partial charge in [-0.25, -0.2) is 4.68 Å². The summed E-state index contributed by atoms with van der Waals surface area (Å²) < 4.78 is 2.98. The van der Waals surface area contributed by atoms with Crippen LogP contribution in [0.15, 0.2) is 36.7 Å². The van der Waals surface area contributed by atoms with Crippen LogP contribution in [0.2, 0.25) is 0 Å². The van der Waals surface area contributed by atoms with Crippen molar-refractivity contribution in [3.8, 4) is 5.69 Å². The molecule has 3 nitrogen and oxygen atoms in total. The van der Waals surface area contributed by atoms with Crippen LogP contribution in [-0.4, -0.2) is 9.78 Å². The van der Waals surface area contributed by atoms with E-state index in [1.807, 2.05) is 48.3 Å². The molecule has 1 heterocycles. The Morgan fingerprint density at radius 2 is 2.00 bits per heavy atom. The molecule has 0 aliphatic rings. The number of halogens is 1. The van der Waals surface area contributed by atoms with E-state index < -0.39 is 0 Å². The van der Waals surface area contributed by atoms with Gasteiger partial charge in [0.15, 0.2) is 0 Å². The Kier molecular flexibility index (Phi) is 3.06. The average molecular weight is 313 g/mol. The Bertz CT molecular complexity index is 445. The second-order valence-electron chi connectivity index (χ2n) is 3.48. The Balaban J connectivity index is 2.31. The fraction of sp³-hybridized carbons (Fsp3) is 0.182. The number of aromatic nitrogens is 2. The number of hydrogen-bond acceptors (Lipinski definition) is 2. The van der Waals surface area contributed by atoms with Crippen molar-refractivity contribution in [2.75, 3.05) is 0 Å². The molecule has 0 saturated heterocycles. The Labute approximate surface area is 102 Å². The van der Waals surface area contributed by atoms with Crippen LogP contribution in [0.1, 0.15) is 18.5 Å². The molecule has 0 spiro atoms. The third kappa shape index (κ3) is 2.38. The fourth-order valence-electron chi connectivity index (χ4n) is 1.37. The van der Waals surface area contributed by atoms with Crippen LogP contribution in [0.25, 0.3) is 5.69 Å². The summed E-state index contributed by atoms with van der Waals surface area (Å²) >= 11 is 2.24. The van der Waals surface area contributed by atoms with Gasteiger partial charge < -0.3 is 5.73 Å². The molecule has 2 rings (SSSR count). The minimum atomic E-state index is 0.0804. The van der Waals surface area contributed by atoms with Gasteiger partial charge in [0.1, 0.15) is 0 Å². The minimum absolute atomic E-state index is 0.0804. The first-order valence-corrected chi connectivity index (χ1v) is 5.81. The van der Waals surface area contributed by atoms with E-state index in [-0.39, 0.29) is 6.04 Å². The molecule has 0 bridgehead atoms. The molecular weight excluding hydrogens is 301 g/mol. The predicted molar refractivity (Wildman–Crippen MR) is 68.9 cm³/mol. The SMILES string of the molecule is CC(N)c1ccc(-n2cc(I)cn2)cc1. The summed E-state index contributed by atoms with van der Waals surface area (Å²) in [6, 6.07) is 8.21. The lowest BCUT2D eigenvalue weighted by Crippen LogP contribution is -2.05. The molecule has 0 aliphatic carbocycles. The summed E-state index contributed by atoms with van der Waals surface area (Å²) in [5, 5.41) is 4.24. The van der Waals surface area contributed by atoms with E-state index in [4.69, 9.17) is 5.73 Å². The zero-order valence-electron chi connectivity index (χ0n) is 8.39. The van der Waals surface area contributed by atoms with Gasteiger partial charge in [-0.05, 0) is 47.2 Å². The van der Waals surface area contributed by atoms with Gasteiger partial charge >= 0.3 is 0 Å². The van der Waals surface area contributed by atoms with Crippen molar-refractivity contribution in [2.24, 2.45) is 5.73 Å². The van der Waals surface area contributed by atoms with Crippen molar-refractivity contribution in [3.63, 3.8) is 0 Å². The summed E-state index contributed by atoms with van der Waals surface area (Å²) in [5.74, 6) is 0. The van der Waals surface area contributed by atoms with Crippen LogP contribution in [0, 0.1) is 3.57 Å². The molecule has 15 heavy (non-hydrogen) atoms. The van der Waals surface area contributed by atoms with Gasteiger partial charge in [0.2, 0.25) is 0 Å². The lowest BCUT2D eigenvalue weighted by molar-refractivity contribution is 0.814. The molecule has 0 amide bonds. The van der Waals surface area contributed by atoms with E-state index in [0.29, 0.717) is 0 Å². The number of nitrogens with zero attached hydrogens (tertiary/aromatic N) is 2. The van der Waals surface area contributed by atoms with E-state index in [1.165, 1.54) is 0 Å². The van der Waals surface area contributed by atoms with Crippen LogP contribution < -0.4 is 5.73 Å². The molecule has 0 saturated carbocycles. The van der Waals surface area contributed by atoms with Gasteiger partial charge in [-0.3, -0.25) is 0 Å². The zero-order chi connectivity index (χ0) is 10.8. The van der Waals surface area contributed by atoms with Crippen LogP contribution in [0.5, 0.6) is 0 Å². The van der Waals surface area contributed by atoms with E-state index in [9.17, 15) is 0 Å². The fourth-order valence-corrected chi connectivity index (χ4v) is 1.76. The van der Waals surface area contributed by atoms with E-state index in [2.05, 4.69) is 27.7 Å². The van der Waals surface area contributed by atoms with Crippen molar-refractivity contribution < 1.29 is 0 Å². The number of rotatable bonds is 2. The van der Waals surface area contributed by atoms with Crippen LogP contribution >= 0.6 is 22.6 Å². The third-order valence-corrected chi connectivity index (χ3v) is 2.79. The molecule has 1 aromatic carbocycles. The maximum absolute atomic E-state index is 5.78. The minimum Gasteiger partial charge on any atom is -0.324 e. The van der Waals surface area contributed by atoms with Gasteiger partial charge in [0.05, 0.1) is 15.5 Å². The quantitative estimate of drug-likeness (QED) is 0.866. The summed E-state index contributed by atoms with van der Waals surface area (Å²) in [4.78, 5) is 0. The smallest absolute Gasteiger partial charge is 0.0646 e. The summed E-state index contributed by atoms with van der Waals surface area (Å²) in [6.07, 6.45) is 3.82. The molecule has 1 atom stereocenters. The zero-order valence-corrected chi connectivity index (χ0v) is 10.5. The maximum atomic E-state index is 5.78. The standard InChI is InChI=1S/C11H12IN3/c1-8(13)9-2-4-11(5-3-9)15-7-10(12)6-14-15/h2-8H,13H2,1H3. The normalized spacial score (nSPS) is 12.7. The molecule has 0 aliphatic heterocycles. The monoisotopic (exact) mass is 313 g/mol. The molecule has 78 valence electrons. The second-order valence-corrected chi connectivity index (χ2v) is 4.73. The summed E-state index contributed by atoms with van der Waals surface area (Å²) in [7, 11) is 0. The highest BCUT2D eigenvalue weighted by Crippen LogP contribution is 2.14. The van der Waals surface area contributed by atoms with Gasteiger partial charge in [0.25, 0.3) is 0 Å². The third-order valence-electron chi connectivity index (χ3n) is 2.23. The first kappa shape index (κ1) is 10.6. The summed E-state index contributed by atoms with van der Waals surface area (Å²) in [6.45, 7) is 1.98. The topological polar surface area (TPSA) is 43.8 Å². The molecule has 4 heteroatoms. The number of benzene rings is 1. The largest absolute Gasteiger partial charge is 0.324 e. The highest BCUT2D eigenvalue weighted by Gasteiger charge is 2.01. The predicted octanol–water partition coefficient (Wildman–Crippen LogP) is 2.50. The summed E-state index contributed by atoms with van der Waals surface area (Å²) in [5.41, 5.74) is 7.98. The van der Waals surface area contributed by atoms with E-state index in [1.54, 1.807) is 0 Å². The molecule has 0 radical (unpaired) electrons. The maximum Gasteiger partial charge on any atom is 0.0646 e. The van der Waals surface area contributed by atoms with Crippen molar-refractivity contribution in [3.05, 3.63) is 45.8 Å². The van der Waals surface area contributed by atoms with Gasteiger partial charge in [-0.2, -0.15) is 5.10 Å².